The van der Waals surface area contributed by atoms with E-state index in [1.54, 1.807) is 13.0 Å². The van der Waals surface area contributed by atoms with Crippen LogP contribution in [0.4, 0.5) is 5.69 Å². The van der Waals surface area contributed by atoms with Crippen molar-refractivity contribution in [2.45, 2.75) is 18.3 Å². The van der Waals surface area contributed by atoms with Crippen molar-refractivity contribution in [1.82, 2.24) is 0 Å². The normalized spacial score (nSPS) is 27.7. The van der Waals surface area contributed by atoms with Crippen LogP contribution in [0.15, 0.2) is 72.8 Å². The molecule has 0 saturated carbocycles. The summed E-state index contributed by atoms with van der Waals surface area (Å²) in [6.45, 7) is 1.56. The van der Waals surface area contributed by atoms with E-state index in [-0.39, 0.29) is 23.5 Å². The summed E-state index contributed by atoms with van der Waals surface area (Å²) in [5.74, 6) is -2.13. The van der Waals surface area contributed by atoms with Gasteiger partial charge in [-0.1, -0.05) is 60.7 Å². The number of carbonyl (C=O) groups is 3. The molecular weight excluding hydrogens is 501 g/mol. The van der Waals surface area contributed by atoms with Crippen molar-refractivity contribution < 1.29 is 14.4 Å². The molecule has 2 atom stereocenters. The Balaban J connectivity index is 1.69. The Labute approximate surface area is 193 Å². The van der Waals surface area contributed by atoms with E-state index in [4.69, 9.17) is 0 Å². The third kappa shape index (κ3) is 2.12. The van der Waals surface area contributed by atoms with Crippen LogP contribution in [-0.4, -0.2) is 17.6 Å². The van der Waals surface area contributed by atoms with Gasteiger partial charge in [0.1, 0.15) is 5.78 Å². The van der Waals surface area contributed by atoms with Crippen LogP contribution in [0.5, 0.6) is 0 Å². The summed E-state index contributed by atoms with van der Waals surface area (Å²) >= 11 is 2.15. The molecular formula is C26H18INO3. The largest absolute Gasteiger partial charge is 0.299 e. The highest BCUT2D eigenvalue weighted by Gasteiger charge is 2.70. The molecule has 5 heteroatoms. The maximum Gasteiger partial charge on any atom is 0.239 e. The SMILES string of the molecule is CC(=O)C12c3ccccc3C(c3ccccc31)[C@H]1C(=O)N(c3ccccc3I)C(=O)[C@@H]12. The van der Waals surface area contributed by atoms with Crippen molar-refractivity contribution in [2.24, 2.45) is 11.8 Å². The smallest absolute Gasteiger partial charge is 0.239 e. The highest BCUT2D eigenvalue weighted by atomic mass is 127. The Morgan fingerprint density at radius 3 is 1.97 bits per heavy atom. The van der Waals surface area contributed by atoms with Gasteiger partial charge < -0.3 is 0 Å². The number of imide groups is 1. The van der Waals surface area contributed by atoms with Crippen LogP contribution in [0.3, 0.4) is 0 Å². The zero-order valence-electron chi connectivity index (χ0n) is 16.7. The fraction of sp³-hybridized carbons (Fsp3) is 0.192. The molecule has 4 aliphatic rings. The number of nitrogens with zero attached hydrogens (tertiary/aromatic N) is 1. The second-order valence-corrected chi connectivity index (χ2v) is 9.65. The molecule has 2 amide bonds. The molecule has 0 aromatic heterocycles. The molecule has 3 aromatic carbocycles. The molecule has 1 saturated heterocycles. The minimum Gasteiger partial charge on any atom is -0.299 e. The summed E-state index contributed by atoms with van der Waals surface area (Å²) in [4.78, 5) is 42.7. The number of Topliss-reactive ketones (excluding diaryl/α,β-unsaturated/α-hetero) is 1. The molecule has 152 valence electrons. The molecule has 3 aromatic rings. The number of anilines is 1. The van der Waals surface area contributed by atoms with Crippen molar-refractivity contribution >= 4 is 45.9 Å². The van der Waals surface area contributed by atoms with Crippen LogP contribution < -0.4 is 4.90 Å². The van der Waals surface area contributed by atoms with Crippen molar-refractivity contribution in [1.29, 1.82) is 0 Å². The first kappa shape index (κ1) is 18.9. The van der Waals surface area contributed by atoms with Crippen molar-refractivity contribution in [2.75, 3.05) is 4.90 Å². The van der Waals surface area contributed by atoms with Crippen LogP contribution >= 0.6 is 22.6 Å². The fourth-order valence-electron chi connectivity index (χ4n) is 6.24. The molecule has 1 aliphatic heterocycles. The van der Waals surface area contributed by atoms with E-state index >= 15 is 0 Å². The maximum atomic E-state index is 14.0. The number of rotatable bonds is 2. The number of amides is 2. The summed E-state index contributed by atoms with van der Waals surface area (Å²) in [5, 5.41) is 0. The Bertz CT molecular complexity index is 1270. The standard InChI is InChI=1S/C26H18INO3/c1-14(29)26-17-10-4-2-8-15(17)21(16-9-3-5-11-18(16)26)22-23(26)25(31)28(24(22)30)20-13-7-6-12-19(20)27/h2-13,21-23H,1H3/t21?,22-,23-,26?/m1/s1. The Hall–Kier alpha value is -2.80. The van der Waals surface area contributed by atoms with Gasteiger partial charge in [0.25, 0.3) is 0 Å². The number of hydrogen-bond donors (Lipinski definition) is 0. The highest BCUT2D eigenvalue weighted by Crippen LogP contribution is 2.64. The first-order valence-corrected chi connectivity index (χ1v) is 11.4. The summed E-state index contributed by atoms with van der Waals surface area (Å²) in [7, 11) is 0. The number of para-hydroxylation sites is 1. The third-order valence-electron chi connectivity index (χ3n) is 7.27. The van der Waals surface area contributed by atoms with Gasteiger partial charge >= 0.3 is 0 Å². The predicted octanol–water partition coefficient (Wildman–Crippen LogP) is 4.43. The number of hydrogen-bond acceptors (Lipinski definition) is 3. The molecule has 3 aliphatic carbocycles. The van der Waals surface area contributed by atoms with Crippen molar-refractivity contribution in [3.8, 4) is 0 Å². The second kappa shape index (κ2) is 6.36. The quantitative estimate of drug-likeness (QED) is 0.372. The van der Waals surface area contributed by atoms with Crippen LogP contribution in [0, 0.1) is 15.4 Å². The van der Waals surface area contributed by atoms with E-state index in [1.165, 1.54) is 4.90 Å². The van der Waals surface area contributed by atoms with Gasteiger partial charge in [0.2, 0.25) is 11.8 Å². The summed E-state index contributed by atoms with van der Waals surface area (Å²) in [6, 6.07) is 23.1. The zero-order valence-corrected chi connectivity index (χ0v) is 18.9. The van der Waals surface area contributed by atoms with Gasteiger partial charge in [-0.2, -0.15) is 0 Å². The van der Waals surface area contributed by atoms with E-state index in [1.807, 2.05) is 66.7 Å². The predicted molar refractivity (Wildman–Crippen MR) is 125 cm³/mol. The minimum atomic E-state index is -1.14. The molecule has 0 radical (unpaired) electrons. The molecule has 0 unspecified atom stereocenters. The van der Waals surface area contributed by atoms with Crippen LogP contribution in [-0.2, 0) is 19.8 Å². The number of benzene rings is 3. The number of halogens is 1. The molecule has 31 heavy (non-hydrogen) atoms. The van der Waals surface area contributed by atoms with E-state index in [9.17, 15) is 14.4 Å². The lowest BCUT2D eigenvalue weighted by atomic mass is 9.46. The highest BCUT2D eigenvalue weighted by molar-refractivity contribution is 14.1. The molecule has 1 fully saturated rings. The average Bonchev–Trinajstić information content (AvgIpc) is 3.05. The van der Waals surface area contributed by atoms with Gasteiger partial charge in [-0.25, -0.2) is 4.90 Å². The first-order valence-electron chi connectivity index (χ1n) is 10.3. The number of carbonyl (C=O) groups excluding carboxylic acids is 3. The molecule has 4 nitrogen and oxygen atoms in total. The number of ketones is 1. The Kier molecular flexibility index (Phi) is 3.88. The lowest BCUT2D eigenvalue weighted by molar-refractivity contribution is -0.132. The van der Waals surface area contributed by atoms with E-state index in [0.29, 0.717) is 5.69 Å². The van der Waals surface area contributed by atoms with Gasteiger partial charge in [0.15, 0.2) is 0 Å². The Morgan fingerprint density at radius 1 is 0.839 bits per heavy atom. The monoisotopic (exact) mass is 519 g/mol. The Morgan fingerprint density at radius 2 is 1.39 bits per heavy atom. The van der Waals surface area contributed by atoms with E-state index in [0.717, 1.165) is 25.8 Å². The second-order valence-electron chi connectivity index (χ2n) is 8.48. The molecule has 0 spiro atoms. The molecule has 2 bridgehead atoms. The summed E-state index contributed by atoms with van der Waals surface area (Å²) in [6.07, 6.45) is 0. The molecule has 7 rings (SSSR count). The zero-order chi connectivity index (χ0) is 21.5. The van der Waals surface area contributed by atoms with Crippen LogP contribution in [0.25, 0.3) is 0 Å². The average molecular weight is 519 g/mol. The van der Waals surface area contributed by atoms with Crippen molar-refractivity contribution in [3.63, 3.8) is 0 Å². The van der Waals surface area contributed by atoms with Gasteiger partial charge in [0.05, 0.1) is 22.9 Å². The third-order valence-corrected chi connectivity index (χ3v) is 8.18. The maximum absolute atomic E-state index is 14.0. The van der Waals surface area contributed by atoms with Gasteiger partial charge in [-0.15, -0.1) is 0 Å². The van der Waals surface area contributed by atoms with E-state index in [2.05, 4.69) is 22.6 Å². The minimum absolute atomic E-state index is 0.0914. The lowest BCUT2D eigenvalue weighted by Gasteiger charge is -2.52. The topological polar surface area (TPSA) is 54.5 Å². The lowest BCUT2D eigenvalue weighted by Crippen LogP contribution is -2.57. The molecule has 1 heterocycles. The molecule has 0 N–H and O–H groups in total. The fourth-order valence-corrected chi connectivity index (χ4v) is 6.87. The summed E-state index contributed by atoms with van der Waals surface area (Å²) in [5.41, 5.74) is 3.18. The van der Waals surface area contributed by atoms with Gasteiger partial charge in [-0.3, -0.25) is 14.4 Å². The van der Waals surface area contributed by atoms with Crippen LogP contribution in [0.1, 0.15) is 35.1 Å². The van der Waals surface area contributed by atoms with Gasteiger partial charge in [-0.05, 0) is 63.9 Å². The van der Waals surface area contributed by atoms with Crippen LogP contribution in [0.2, 0.25) is 0 Å². The van der Waals surface area contributed by atoms with E-state index < -0.39 is 17.3 Å². The van der Waals surface area contributed by atoms with Gasteiger partial charge in [0, 0.05) is 9.49 Å². The summed E-state index contributed by atoms with van der Waals surface area (Å²) < 4.78 is 0.833. The first-order chi connectivity index (χ1) is 15.0. The van der Waals surface area contributed by atoms with Crippen molar-refractivity contribution in [3.05, 3.63) is 98.6 Å².